The number of hydrogen-bond acceptors (Lipinski definition) is 2. The van der Waals surface area contributed by atoms with Crippen molar-refractivity contribution < 1.29 is 0 Å². The van der Waals surface area contributed by atoms with Crippen molar-refractivity contribution in [2.24, 2.45) is 5.73 Å². The molecule has 0 bridgehead atoms. The normalized spacial score (nSPS) is 10.3. The van der Waals surface area contributed by atoms with Gasteiger partial charge in [-0.2, -0.15) is 0 Å². The number of anilines is 1. The Morgan fingerprint density at radius 3 is 2.43 bits per heavy atom. The first-order valence-corrected chi connectivity index (χ1v) is 5.34. The zero-order valence-electron chi connectivity index (χ0n) is 8.76. The van der Waals surface area contributed by atoms with E-state index in [0.717, 1.165) is 29.4 Å². The van der Waals surface area contributed by atoms with Crippen LogP contribution in [0.5, 0.6) is 0 Å². The van der Waals surface area contributed by atoms with E-state index >= 15 is 0 Å². The Hall–Kier alpha value is -0.730. The van der Waals surface area contributed by atoms with Crippen molar-refractivity contribution >= 4 is 17.3 Å². The predicted octanol–water partition coefficient (Wildman–Crippen LogP) is 2.64. The molecule has 14 heavy (non-hydrogen) atoms. The molecule has 1 aromatic rings. The number of benzene rings is 1. The van der Waals surface area contributed by atoms with Crippen LogP contribution in [0.2, 0.25) is 5.02 Å². The molecule has 0 saturated heterocycles. The van der Waals surface area contributed by atoms with E-state index in [-0.39, 0.29) is 0 Å². The highest BCUT2D eigenvalue weighted by Crippen LogP contribution is 2.24. The van der Waals surface area contributed by atoms with Crippen LogP contribution < -0.4 is 10.6 Å². The third-order valence-corrected chi connectivity index (χ3v) is 2.61. The standard InChI is InChI=1S/C11H17ClN2/c1-3-14(4-2)11-7-10(12)6-5-9(11)8-13/h5-7H,3-4,8,13H2,1-2H3. The lowest BCUT2D eigenvalue weighted by molar-refractivity contribution is 0.853. The van der Waals surface area contributed by atoms with Gasteiger partial charge in [0.1, 0.15) is 0 Å². The summed E-state index contributed by atoms with van der Waals surface area (Å²) in [7, 11) is 0. The summed E-state index contributed by atoms with van der Waals surface area (Å²) < 4.78 is 0. The molecule has 1 rings (SSSR count). The van der Waals surface area contributed by atoms with Gasteiger partial charge in [-0.15, -0.1) is 0 Å². The van der Waals surface area contributed by atoms with Gasteiger partial charge in [-0.1, -0.05) is 17.7 Å². The lowest BCUT2D eigenvalue weighted by Crippen LogP contribution is -2.23. The monoisotopic (exact) mass is 212 g/mol. The van der Waals surface area contributed by atoms with Crippen LogP contribution in [0.1, 0.15) is 19.4 Å². The fourth-order valence-corrected chi connectivity index (χ4v) is 1.73. The first-order chi connectivity index (χ1) is 6.72. The van der Waals surface area contributed by atoms with E-state index < -0.39 is 0 Å². The molecule has 0 aromatic heterocycles. The molecule has 78 valence electrons. The Morgan fingerprint density at radius 1 is 1.29 bits per heavy atom. The molecule has 0 unspecified atom stereocenters. The minimum atomic E-state index is 0.559. The summed E-state index contributed by atoms with van der Waals surface area (Å²) in [5.41, 5.74) is 7.99. The van der Waals surface area contributed by atoms with Crippen LogP contribution in [0.3, 0.4) is 0 Å². The molecule has 0 aliphatic carbocycles. The molecular formula is C11H17ClN2. The molecule has 0 aliphatic rings. The Balaban J connectivity index is 3.08. The van der Waals surface area contributed by atoms with Crippen LogP contribution in [0.25, 0.3) is 0 Å². The molecule has 0 aliphatic heterocycles. The molecule has 2 N–H and O–H groups in total. The van der Waals surface area contributed by atoms with Crippen molar-refractivity contribution in [3.05, 3.63) is 28.8 Å². The van der Waals surface area contributed by atoms with Gasteiger partial charge in [0.05, 0.1) is 0 Å². The first kappa shape index (κ1) is 11.3. The highest BCUT2D eigenvalue weighted by atomic mass is 35.5. The van der Waals surface area contributed by atoms with Gasteiger partial charge in [0.2, 0.25) is 0 Å². The summed E-state index contributed by atoms with van der Waals surface area (Å²) >= 11 is 5.96. The second-order valence-electron chi connectivity index (χ2n) is 3.15. The molecule has 0 spiro atoms. The Kier molecular flexibility index (Phi) is 4.23. The second-order valence-corrected chi connectivity index (χ2v) is 3.59. The third kappa shape index (κ3) is 2.40. The first-order valence-electron chi connectivity index (χ1n) is 4.96. The fourth-order valence-electron chi connectivity index (χ4n) is 1.57. The smallest absolute Gasteiger partial charge is 0.0426 e. The Bertz CT molecular complexity index is 295. The number of hydrogen-bond donors (Lipinski definition) is 1. The summed E-state index contributed by atoms with van der Waals surface area (Å²) in [6.45, 7) is 6.77. The van der Waals surface area contributed by atoms with Crippen molar-refractivity contribution in [3.8, 4) is 0 Å². The molecule has 0 amide bonds. The summed E-state index contributed by atoms with van der Waals surface area (Å²) in [5, 5.41) is 0.768. The van der Waals surface area contributed by atoms with Crippen LogP contribution in [0.15, 0.2) is 18.2 Å². The van der Waals surface area contributed by atoms with Gasteiger partial charge in [-0.25, -0.2) is 0 Å². The zero-order valence-corrected chi connectivity index (χ0v) is 9.51. The fraction of sp³-hybridized carbons (Fsp3) is 0.455. The van der Waals surface area contributed by atoms with Crippen molar-refractivity contribution in [2.75, 3.05) is 18.0 Å². The minimum Gasteiger partial charge on any atom is -0.372 e. The van der Waals surface area contributed by atoms with Gasteiger partial charge in [0.15, 0.2) is 0 Å². The molecule has 0 atom stereocenters. The largest absolute Gasteiger partial charge is 0.372 e. The topological polar surface area (TPSA) is 29.3 Å². The van der Waals surface area contributed by atoms with Gasteiger partial charge < -0.3 is 10.6 Å². The molecule has 3 heteroatoms. The lowest BCUT2D eigenvalue weighted by Gasteiger charge is -2.23. The van der Waals surface area contributed by atoms with Crippen molar-refractivity contribution in [2.45, 2.75) is 20.4 Å². The molecule has 0 radical (unpaired) electrons. The van der Waals surface area contributed by atoms with E-state index in [1.807, 2.05) is 18.2 Å². The van der Waals surface area contributed by atoms with Crippen LogP contribution in [-0.4, -0.2) is 13.1 Å². The highest BCUT2D eigenvalue weighted by Gasteiger charge is 2.07. The molecular weight excluding hydrogens is 196 g/mol. The minimum absolute atomic E-state index is 0.559. The van der Waals surface area contributed by atoms with Crippen molar-refractivity contribution in [3.63, 3.8) is 0 Å². The van der Waals surface area contributed by atoms with Gasteiger partial charge in [0.25, 0.3) is 0 Å². The van der Waals surface area contributed by atoms with E-state index in [0.29, 0.717) is 6.54 Å². The quantitative estimate of drug-likeness (QED) is 0.832. The average molecular weight is 213 g/mol. The number of nitrogens with zero attached hydrogens (tertiary/aromatic N) is 1. The van der Waals surface area contributed by atoms with E-state index in [1.165, 1.54) is 0 Å². The van der Waals surface area contributed by atoms with Crippen LogP contribution >= 0.6 is 11.6 Å². The van der Waals surface area contributed by atoms with Crippen molar-refractivity contribution in [1.82, 2.24) is 0 Å². The molecule has 0 heterocycles. The maximum absolute atomic E-state index is 5.96. The van der Waals surface area contributed by atoms with Gasteiger partial charge in [-0.3, -0.25) is 0 Å². The molecule has 0 fully saturated rings. The highest BCUT2D eigenvalue weighted by molar-refractivity contribution is 6.30. The molecule has 1 aromatic carbocycles. The van der Waals surface area contributed by atoms with Crippen LogP contribution in [0.4, 0.5) is 5.69 Å². The van der Waals surface area contributed by atoms with E-state index in [1.54, 1.807) is 0 Å². The average Bonchev–Trinajstić information content (AvgIpc) is 2.20. The number of rotatable bonds is 4. The second kappa shape index (κ2) is 5.23. The molecule has 0 saturated carbocycles. The SMILES string of the molecule is CCN(CC)c1cc(Cl)ccc1CN. The van der Waals surface area contributed by atoms with Gasteiger partial charge in [0, 0.05) is 30.3 Å². The number of halogens is 1. The van der Waals surface area contributed by atoms with E-state index in [9.17, 15) is 0 Å². The predicted molar refractivity (Wildman–Crippen MR) is 62.9 cm³/mol. The van der Waals surface area contributed by atoms with E-state index in [4.69, 9.17) is 17.3 Å². The summed E-state index contributed by atoms with van der Waals surface area (Å²) in [5.74, 6) is 0. The van der Waals surface area contributed by atoms with Crippen LogP contribution in [-0.2, 0) is 6.54 Å². The van der Waals surface area contributed by atoms with E-state index in [2.05, 4.69) is 18.7 Å². The summed E-state index contributed by atoms with van der Waals surface area (Å²) in [6.07, 6.45) is 0. The summed E-state index contributed by atoms with van der Waals surface area (Å²) in [4.78, 5) is 2.26. The van der Waals surface area contributed by atoms with Gasteiger partial charge >= 0.3 is 0 Å². The van der Waals surface area contributed by atoms with Gasteiger partial charge in [-0.05, 0) is 31.5 Å². The van der Waals surface area contributed by atoms with Crippen LogP contribution in [0, 0.1) is 0 Å². The summed E-state index contributed by atoms with van der Waals surface area (Å²) in [6, 6.07) is 5.86. The zero-order chi connectivity index (χ0) is 10.6. The number of nitrogens with two attached hydrogens (primary N) is 1. The lowest BCUT2D eigenvalue weighted by atomic mass is 10.1. The third-order valence-electron chi connectivity index (χ3n) is 2.37. The molecule has 2 nitrogen and oxygen atoms in total. The maximum atomic E-state index is 5.96. The Morgan fingerprint density at radius 2 is 1.93 bits per heavy atom. The van der Waals surface area contributed by atoms with Crippen molar-refractivity contribution in [1.29, 1.82) is 0 Å². The maximum Gasteiger partial charge on any atom is 0.0426 e. The Labute approximate surface area is 90.7 Å².